The second-order valence-electron chi connectivity index (χ2n) is 6.99. The molecule has 0 heterocycles. The lowest BCUT2D eigenvalue weighted by atomic mass is 10.1. The fourth-order valence-electron chi connectivity index (χ4n) is 2.99. The number of nitriles is 1. The van der Waals surface area contributed by atoms with Gasteiger partial charge in [-0.15, -0.1) is 0 Å². The van der Waals surface area contributed by atoms with E-state index in [-0.39, 0.29) is 5.75 Å². The number of unbranched alkanes of at least 4 members (excludes halogenated alkanes) is 4. The van der Waals surface area contributed by atoms with E-state index in [4.69, 9.17) is 21.1 Å². The van der Waals surface area contributed by atoms with E-state index >= 15 is 0 Å². The molecule has 2 aromatic rings. The highest BCUT2D eigenvalue weighted by atomic mass is 35.5. The molecule has 0 bridgehead atoms. The van der Waals surface area contributed by atoms with Gasteiger partial charge in [0.25, 0.3) is 0 Å². The van der Waals surface area contributed by atoms with Gasteiger partial charge < -0.3 is 9.47 Å². The van der Waals surface area contributed by atoms with Crippen molar-refractivity contribution in [3.63, 3.8) is 0 Å². The van der Waals surface area contributed by atoms with Crippen LogP contribution < -0.4 is 9.47 Å². The number of aryl methyl sites for hydroxylation is 1. The third-order valence-corrected chi connectivity index (χ3v) is 4.87. The van der Waals surface area contributed by atoms with Crippen LogP contribution in [0.4, 0.5) is 0 Å². The molecule has 0 aliphatic carbocycles. The Morgan fingerprint density at radius 1 is 1.00 bits per heavy atom. The zero-order valence-corrected chi connectivity index (χ0v) is 17.9. The lowest BCUT2D eigenvalue weighted by Crippen LogP contribution is -2.10. The van der Waals surface area contributed by atoms with Gasteiger partial charge >= 0.3 is 5.97 Å². The maximum atomic E-state index is 12.5. The number of carbonyl (C=O) groups is 1. The molecule has 4 nitrogen and oxygen atoms in total. The fourth-order valence-corrected chi connectivity index (χ4v) is 3.22. The van der Waals surface area contributed by atoms with Crippen molar-refractivity contribution < 1.29 is 14.3 Å². The molecular weight excluding hydrogens is 386 g/mol. The number of rotatable bonds is 11. The van der Waals surface area contributed by atoms with Crippen LogP contribution in [0.15, 0.2) is 36.4 Å². The van der Waals surface area contributed by atoms with E-state index in [0.29, 0.717) is 28.5 Å². The molecule has 0 aliphatic rings. The molecule has 0 fully saturated rings. The maximum absolute atomic E-state index is 12.5. The molecule has 0 N–H and O–H groups in total. The summed E-state index contributed by atoms with van der Waals surface area (Å²) < 4.78 is 11.1. The average Bonchev–Trinajstić information content (AvgIpc) is 2.72. The van der Waals surface area contributed by atoms with Crippen molar-refractivity contribution in [1.29, 1.82) is 5.26 Å². The topological polar surface area (TPSA) is 59.3 Å². The summed E-state index contributed by atoms with van der Waals surface area (Å²) in [6.45, 7) is 4.86. The minimum Gasteiger partial charge on any atom is -0.492 e. The summed E-state index contributed by atoms with van der Waals surface area (Å²) in [6.07, 6.45) is 7.63. The predicted molar refractivity (Wildman–Crippen MR) is 116 cm³/mol. The Bertz CT molecular complexity index is 858. The number of carbonyl (C=O) groups excluding carboxylic acids is 1. The Balaban J connectivity index is 1.98. The smallest absolute Gasteiger partial charge is 0.343 e. The van der Waals surface area contributed by atoms with Gasteiger partial charge in [0, 0.05) is 0 Å². The number of benzene rings is 2. The van der Waals surface area contributed by atoms with Crippen LogP contribution in [0.25, 0.3) is 0 Å². The molecule has 29 heavy (non-hydrogen) atoms. The van der Waals surface area contributed by atoms with Crippen LogP contribution in [-0.2, 0) is 6.42 Å². The number of esters is 1. The Kier molecular flexibility index (Phi) is 9.53. The monoisotopic (exact) mass is 413 g/mol. The molecule has 2 aromatic carbocycles. The molecule has 0 aliphatic heterocycles. The van der Waals surface area contributed by atoms with Crippen LogP contribution >= 0.6 is 11.6 Å². The predicted octanol–water partition coefficient (Wildman–Crippen LogP) is 6.73. The van der Waals surface area contributed by atoms with Gasteiger partial charge in [-0.3, -0.25) is 0 Å². The van der Waals surface area contributed by atoms with E-state index in [1.54, 1.807) is 24.3 Å². The maximum Gasteiger partial charge on any atom is 0.343 e. The van der Waals surface area contributed by atoms with Crippen LogP contribution in [0.3, 0.4) is 0 Å². The Labute approximate surface area is 178 Å². The summed E-state index contributed by atoms with van der Waals surface area (Å²) in [6, 6.07) is 12.2. The van der Waals surface area contributed by atoms with Crippen molar-refractivity contribution in [2.45, 2.75) is 58.8 Å². The molecule has 0 atom stereocenters. The largest absolute Gasteiger partial charge is 0.492 e. The number of hydrogen-bond acceptors (Lipinski definition) is 4. The second-order valence-corrected chi connectivity index (χ2v) is 7.40. The van der Waals surface area contributed by atoms with Gasteiger partial charge in [-0.05, 0) is 48.7 Å². The minimum atomic E-state index is -0.558. The molecule has 0 unspecified atom stereocenters. The third-order valence-electron chi connectivity index (χ3n) is 4.58. The van der Waals surface area contributed by atoms with Crippen LogP contribution in [0.5, 0.6) is 11.5 Å². The standard InChI is InChI=1S/C24H28ClNO3/c1-3-5-6-7-8-14-28-23-13-11-19(16-21(23)25)24(27)29-22-12-10-18(9-4-2)15-20(22)17-26/h10-13,15-16H,3-9,14H2,1-2H3. The van der Waals surface area contributed by atoms with Gasteiger partial charge in [0.05, 0.1) is 22.8 Å². The van der Waals surface area contributed by atoms with E-state index in [9.17, 15) is 10.1 Å². The molecule has 0 saturated carbocycles. The number of ether oxygens (including phenoxy) is 2. The average molecular weight is 414 g/mol. The van der Waals surface area contributed by atoms with E-state index in [1.807, 2.05) is 6.07 Å². The molecule has 0 aromatic heterocycles. The molecular formula is C24H28ClNO3. The van der Waals surface area contributed by atoms with Crippen molar-refractivity contribution in [2.75, 3.05) is 6.61 Å². The van der Waals surface area contributed by atoms with Crippen molar-refractivity contribution in [3.05, 3.63) is 58.1 Å². The Hall–Kier alpha value is -2.51. The van der Waals surface area contributed by atoms with Crippen molar-refractivity contribution in [1.82, 2.24) is 0 Å². The zero-order valence-electron chi connectivity index (χ0n) is 17.2. The van der Waals surface area contributed by atoms with Crippen molar-refractivity contribution in [3.8, 4) is 17.6 Å². The van der Waals surface area contributed by atoms with Crippen LogP contribution in [-0.4, -0.2) is 12.6 Å². The summed E-state index contributed by atoms with van der Waals surface area (Å²) in [5, 5.41) is 9.71. The van der Waals surface area contributed by atoms with Gasteiger partial charge in [-0.2, -0.15) is 5.26 Å². The van der Waals surface area contributed by atoms with Gasteiger partial charge in [0.2, 0.25) is 0 Å². The highest BCUT2D eigenvalue weighted by Gasteiger charge is 2.14. The molecule has 2 rings (SSSR count). The van der Waals surface area contributed by atoms with E-state index in [2.05, 4.69) is 19.9 Å². The summed E-state index contributed by atoms with van der Waals surface area (Å²) >= 11 is 6.27. The molecule has 0 amide bonds. The van der Waals surface area contributed by atoms with Crippen LogP contribution in [0.1, 0.15) is 73.9 Å². The molecule has 0 saturated heterocycles. The minimum absolute atomic E-state index is 0.251. The molecule has 0 radical (unpaired) electrons. The SMILES string of the molecule is CCCCCCCOc1ccc(C(=O)Oc2ccc(CCC)cc2C#N)cc1Cl. The quantitative estimate of drug-likeness (QED) is 0.232. The first-order valence-electron chi connectivity index (χ1n) is 10.3. The first kappa shape index (κ1) is 22.8. The highest BCUT2D eigenvalue weighted by Crippen LogP contribution is 2.27. The first-order valence-corrected chi connectivity index (χ1v) is 10.6. The van der Waals surface area contributed by atoms with Crippen LogP contribution in [0.2, 0.25) is 5.02 Å². The highest BCUT2D eigenvalue weighted by molar-refractivity contribution is 6.32. The Morgan fingerprint density at radius 3 is 2.45 bits per heavy atom. The van der Waals surface area contributed by atoms with Gasteiger partial charge in [-0.1, -0.05) is 63.6 Å². The van der Waals surface area contributed by atoms with Gasteiger partial charge in [0.1, 0.15) is 17.6 Å². The fraction of sp³-hybridized carbons (Fsp3) is 0.417. The molecule has 154 valence electrons. The van der Waals surface area contributed by atoms with Gasteiger partial charge in [0.15, 0.2) is 0 Å². The van der Waals surface area contributed by atoms with Crippen molar-refractivity contribution >= 4 is 17.6 Å². The Morgan fingerprint density at radius 2 is 1.76 bits per heavy atom. The summed E-state index contributed by atoms with van der Waals surface area (Å²) in [7, 11) is 0. The molecule has 5 heteroatoms. The van der Waals surface area contributed by atoms with Crippen molar-refractivity contribution in [2.24, 2.45) is 0 Å². The summed E-state index contributed by atoms with van der Waals surface area (Å²) in [5.74, 6) is 0.249. The summed E-state index contributed by atoms with van der Waals surface area (Å²) in [5.41, 5.74) is 1.70. The zero-order chi connectivity index (χ0) is 21.1. The molecule has 0 spiro atoms. The van der Waals surface area contributed by atoms with E-state index in [0.717, 1.165) is 31.2 Å². The number of halogens is 1. The number of nitrogens with zero attached hydrogens (tertiary/aromatic N) is 1. The van der Waals surface area contributed by atoms with Gasteiger partial charge in [-0.25, -0.2) is 4.79 Å². The van der Waals surface area contributed by atoms with E-state index in [1.165, 1.54) is 25.3 Å². The normalized spacial score (nSPS) is 10.4. The third kappa shape index (κ3) is 7.11. The first-order chi connectivity index (χ1) is 14.1. The summed E-state index contributed by atoms with van der Waals surface area (Å²) in [4.78, 5) is 12.5. The van der Waals surface area contributed by atoms with E-state index < -0.39 is 5.97 Å². The second kappa shape index (κ2) is 12.1. The number of hydrogen-bond donors (Lipinski definition) is 0. The van der Waals surface area contributed by atoms with Crippen LogP contribution in [0, 0.1) is 11.3 Å². The lowest BCUT2D eigenvalue weighted by Gasteiger charge is -2.10. The lowest BCUT2D eigenvalue weighted by molar-refractivity contribution is 0.0734.